The van der Waals surface area contributed by atoms with Gasteiger partial charge < -0.3 is 10.6 Å². The van der Waals surface area contributed by atoms with Crippen LogP contribution in [-0.4, -0.2) is 24.8 Å². The minimum atomic E-state index is -0.414. The molecular formula is C17H14Cl3N3O. The maximum Gasteiger partial charge on any atom is 0.258 e. The zero-order valence-corrected chi connectivity index (χ0v) is 14.8. The van der Waals surface area contributed by atoms with Gasteiger partial charge >= 0.3 is 0 Å². The first-order valence-corrected chi connectivity index (χ1v) is 8.53. The Morgan fingerprint density at radius 3 is 2.67 bits per heavy atom. The molecule has 3 rings (SSSR count). The van der Waals surface area contributed by atoms with Crippen molar-refractivity contribution in [1.29, 1.82) is 0 Å². The molecule has 0 radical (unpaired) electrons. The van der Waals surface area contributed by atoms with E-state index in [1.165, 1.54) is 0 Å². The largest absolute Gasteiger partial charge is 0.370 e. The van der Waals surface area contributed by atoms with Gasteiger partial charge in [-0.25, -0.2) is 0 Å². The summed E-state index contributed by atoms with van der Waals surface area (Å²) in [5.41, 5.74) is 1.69. The minimum Gasteiger partial charge on any atom is -0.370 e. The molecule has 0 aromatic heterocycles. The van der Waals surface area contributed by atoms with Gasteiger partial charge in [0.25, 0.3) is 5.91 Å². The Balaban J connectivity index is 1.85. The summed E-state index contributed by atoms with van der Waals surface area (Å²) in [7, 11) is 0. The van der Waals surface area contributed by atoms with E-state index in [2.05, 4.69) is 15.6 Å². The fourth-order valence-corrected chi connectivity index (χ4v) is 3.10. The first-order valence-electron chi connectivity index (χ1n) is 7.40. The summed E-state index contributed by atoms with van der Waals surface area (Å²) in [6.45, 7) is 1.69. The van der Waals surface area contributed by atoms with E-state index < -0.39 is 5.91 Å². The second kappa shape index (κ2) is 7.43. The Morgan fingerprint density at radius 1 is 1.12 bits per heavy atom. The topological polar surface area (TPSA) is 53.5 Å². The molecule has 4 nitrogen and oxygen atoms in total. The van der Waals surface area contributed by atoms with Crippen LogP contribution in [0.3, 0.4) is 0 Å². The average molecular weight is 383 g/mol. The molecule has 7 heteroatoms. The number of anilines is 1. The molecular weight excluding hydrogens is 369 g/mol. The molecule has 0 saturated carbocycles. The second-order valence-electron chi connectivity index (χ2n) is 5.26. The lowest BCUT2D eigenvalue weighted by Gasteiger charge is -2.15. The second-order valence-corrected chi connectivity index (χ2v) is 6.46. The zero-order valence-electron chi connectivity index (χ0n) is 12.6. The summed E-state index contributed by atoms with van der Waals surface area (Å²) in [6, 6.07) is 10.5. The summed E-state index contributed by atoms with van der Waals surface area (Å²) in [5, 5.41) is 6.71. The molecule has 0 bridgehead atoms. The molecule has 1 heterocycles. The van der Waals surface area contributed by atoms with Gasteiger partial charge in [0.2, 0.25) is 0 Å². The predicted molar refractivity (Wildman–Crippen MR) is 99.9 cm³/mol. The van der Waals surface area contributed by atoms with Crippen molar-refractivity contribution in [2.45, 2.75) is 6.42 Å². The van der Waals surface area contributed by atoms with Crippen LogP contribution in [-0.2, 0) is 0 Å². The van der Waals surface area contributed by atoms with Gasteiger partial charge in [0.05, 0.1) is 20.6 Å². The summed E-state index contributed by atoms with van der Waals surface area (Å²) in [5.74, 6) is 0.416. The van der Waals surface area contributed by atoms with Gasteiger partial charge in [-0.2, -0.15) is 0 Å². The molecule has 0 saturated heterocycles. The number of amidine groups is 1. The molecule has 0 unspecified atom stereocenters. The number of nitrogens with one attached hydrogen (secondary N) is 2. The molecule has 0 fully saturated rings. The molecule has 2 aromatic rings. The third kappa shape index (κ3) is 3.66. The Bertz CT molecular complexity index is 821. The number of nitrogens with zero attached hydrogens (tertiary/aromatic N) is 1. The Labute approximate surface area is 154 Å². The van der Waals surface area contributed by atoms with Gasteiger partial charge in [0.15, 0.2) is 0 Å². The van der Waals surface area contributed by atoms with Gasteiger partial charge in [-0.3, -0.25) is 9.79 Å². The van der Waals surface area contributed by atoms with Crippen LogP contribution < -0.4 is 10.6 Å². The first-order chi connectivity index (χ1) is 11.6. The van der Waals surface area contributed by atoms with E-state index in [4.69, 9.17) is 34.8 Å². The summed E-state index contributed by atoms with van der Waals surface area (Å²) < 4.78 is 0. The summed E-state index contributed by atoms with van der Waals surface area (Å²) in [6.07, 6.45) is 1.02. The number of carbonyl (C=O) groups is 1. The molecule has 2 N–H and O–H groups in total. The van der Waals surface area contributed by atoms with E-state index in [1.54, 1.807) is 18.2 Å². The lowest BCUT2D eigenvalue weighted by Crippen LogP contribution is -2.30. The Hall–Kier alpha value is -1.75. The van der Waals surface area contributed by atoms with E-state index in [9.17, 15) is 4.79 Å². The van der Waals surface area contributed by atoms with Crippen molar-refractivity contribution in [1.82, 2.24) is 5.32 Å². The van der Waals surface area contributed by atoms with Crippen LogP contribution in [0.4, 0.5) is 5.69 Å². The maximum atomic E-state index is 12.5. The minimum absolute atomic E-state index is 0.135. The fourth-order valence-electron chi connectivity index (χ4n) is 2.40. The van der Waals surface area contributed by atoms with Crippen LogP contribution in [0.2, 0.25) is 15.1 Å². The SMILES string of the molecule is O=C(Nc1cccc(C2=NCCCN2)c1)c1c(Cl)ccc(Cl)c1Cl. The summed E-state index contributed by atoms with van der Waals surface area (Å²) >= 11 is 18.2. The summed E-state index contributed by atoms with van der Waals surface area (Å²) in [4.78, 5) is 17.0. The lowest BCUT2D eigenvalue weighted by atomic mass is 10.1. The number of benzene rings is 2. The maximum absolute atomic E-state index is 12.5. The number of amides is 1. The number of halogens is 3. The van der Waals surface area contributed by atoms with Gasteiger partial charge in [-0.05, 0) is 30.7 Å². The molecule has 2 aromatic carbocycles. The molecule has 0 aliphatic carbocycles. The highest BCUT2D eigenvalue weighted by Gasteiger charge is 2.18. The van der Waals surface area contributed by atoms with Crippen molar-refractivity contribution in [2.24, 2.45) is 4.99 Å². The van der Waals surface area contributed by atoms with Crippen molar-refractivity contribution in [2.75, 3.05) is 18.4 Å². The third-order valence-corrected chi connectivity index (χ3v) is 4.68. The van der Waals surface area contributed by atoms with Crippen molar-refractivity contribution < 1.29 is 4.79 Å². The number of aliphatic imine (C=N–C) groups is 1. The standard InChI is InChI=1S/C17H14Cl3N3O/c18-12-5-6-13(19)15(20)14(12)17(24)23-11-4-1-3-10(9-11)16-21-7-2-8-22-16/h1,3-6,9H,2,7-8H2,(H,21,22)(H,23,24). The van der Waals surface area contributed by atoms with Crippen molar-refractivity contribution in [3.8, 4) is 0 Å². The quantitative estimate of drug-likeness (QED) is 0.760. The highest BCUT2D eigenvalue weighted by molar-refractivity contribution is 6.46. The van der Waals surface area contributed by atoms with Crippen LogP contribution >= 0.6 is 34.8 Å². The number of rotatable bonds is 3. The fraction of sp³-hybridized carbons (Fsp3) is 0.176. The van der Waals surface area contributed by atoms with Gasteiger partial charge in [-0.15, -0.1) is 0 Å². The molecule has 1 aliphatic heterocycles. The lowest BCUT2D eigenvalue weighted by molar-refractivity contribution is 0.102. The highest BCUT2D eigenvalue weighted by atomic mass is 35.5. The van der Waals surface area contributed by atoms with E-state index in [0.29, 0.717) is 5.69 Å². The third-order valence-electron chi connectivity index (χ3n) is 3.56. The van der Waals surface area contributed by atoms with Crippen LogP contribution in [0.1, 0.15) is 22.3 Å². The molecule has 1 amide bonds. The zero-order chi connectivity index (χ0) is 17.1. The van der Waals surface area contributed by atoms with Crippen molar-refractivity contribution >= 4 is 52.2 Å². The van der Waals surface area contributed by atoms with E-state index in [0.717, 1.165) is 30.9 Å². The Kier molecular flexibility index (Phi) is 5.29. The van der Waals surface area contributed by atoms with Gasteiger partial charge in [0.1, 0.15) is 5.84 Å². The highest BCUT2D eigenvalue weighted by Crippen LogP contribution is 2.32. The van der Waals surface area contributed by atoms with Crippen LogP contribution in [0.5, 0.6) is 0 Å². The van der Waals surface area contributed by atoms with E-state index >= 15 is 0 Å². The normalized spacial score (nSPS) is 13.9. The average Bonchev–Trinajstić information content (AvgIpc) is 2.59. The van der Waals surface area contributed by atoms with Crippen molar-refractivity contribution in [3.63, 3.8) is 0 Å². The van der Waals surface area contributed by atoms with Gasteiger partial charge in [-0.1, -0.05) is 46.9 Å². The number of hydrogen-bond donors (Lipinski definition) is 2. The smallest absolute Gasteiger partial charge is 0.258 e. The van der Waals surface area contributed by atoms with Crippen LogP contribution in [0.15, 0.2) is 41.4 Å². The molecule has 1 aliphatic rings. The van der Waals surface area contributed by atoms with Crippen LogP contribution in [0.25, 0.3) is 0 Å². The molecule has 124 valence electrons. The Morgan fingerprint density at radius 2 is 1.92 bits per heavy atom. The molecule has 0 atom stereocenters. The molecule has 0 spiro atoms. The molecule has 24 heavy (non-hydrogen) atoms. The van der Waals surface area contributed by atoms with E-state index in [-0.39, 0.29) is 20.6 Å². The monoisotopic (exact) mass is 381 g/mol. The van der Waals surface area contributed by atoms with Crippen molar-refractivity contribution in [3.05, 3.63) is 62.6 Å². The predicted octanol–water partition coefficient (Wildman–Crippen LogP) is 4.64. The first kappa shape index (κ1) is 17.1. The van der Waals surface area contributed by atoms with Gasteiger partial charge in [0, 0.05) is 24.3 Å². The van der Waals surface area contributed by atoms with E-state index in [1.807, 2.05) is 18.2 Å². The number of carbonyl (C=O) groups excluding carboxylic acids is 1. The number of hydrogen-bond acceptors (Lipinski definition) is 3. The van der Waals surface area contributed by atoms with Crippen LogP contribution in [0, 0.1) is 0 Å².